The van der Waals surface area contributed by atoms with Crippen molar-refractivity contribution in [1.29, 1.82) is 0 Å². The number of aromatic nitrogens is 4. The first-order valence-electron chi connectivity index (χ1n) is 8.74. The van der Waals surface area contributed by atoms with E-state index >= 15 is 0 Å². The lowest BCUT2D eigenvalue weighted by molar-refractivity contribution is 0.0942. The molecule has 28 heavy (non-hydrogen) atoms. The van der Waals surface area contributed by atoms with Crippen molar-refractivity contribution in [1.82, 2.24) is 25.1 Å². The van der Waals surface area contributed by atoms with E-state index in [1.165, 1.54) is 4.57 Å². The van der Waals surface area contributed by atoms with Crippen molar-refractivity contribution in [3.05, 3.63) is 70.4 Å². The SMILES string of the molecule is COc1ccc(N2CCn3c2nnc(C(=O)NCc2ccccn2)c3=O)cc1. The molecule has 2 aromatic heterocycles. The van der Waals surface area contributed by atoms with E-state index < -0.39 is 11.5 Å². The Morgan fingerprint density at radius 2 is 1.96 bits per heavy atom. The summed E-state index contributed by atoms with van der Waals surface area (Å²) in [5.41, 5.74) is 0.875. The lowest BCUT2D eigenvalue weighted by Crippen LogP contribution is -2.34. The highest BCUT2D eigenvalue weighted by Gasteiger charge is 2.27. The maximum absolute atomic E-state index is 12.7. The van der Waals surface area contributed by atoms with Crippen LogP contribution in [0.25, 0.3) is 0 Å². The molecule has 0 aliphatic carbocycles. The number of anilines is 2. The van der Waals surface area contributed by atoms with Gasteiger partial charge in [0.05, 0.1) is 19.3 Å². The van der Waals surface area contributed by atoms with E-state index in [-0.39, 0.29) is 12.2 Å². The molecule has 3 aromatic rings. The van der Waals surface area contributed by atoms with Crippen LogP contribution in [0.1, 0.15) is 16.2 Å². The van der Waals surface area contributed by atoms with Gasteiger partial charge in [-0.3, -0.25) is 19.1 Å². The van der Waals surface area contributed by atoms with Crippen LogP contribution in [-0.2, 0) is 13.1 Å². The molecule has 1 N–H and O–H groups in total. The summed E-state index contributed by atoms with van der Waals surface area (Å²) < 4.78 is 6.63. The Labute approximate surface area is 160 Å². The molecule has 0 saturated carbocycles. The summed E-state index contributed by atoms with van der Waals surface area (Å²) in [6.07, 6.45) is 1.64. The van der Waals surface area contributed by atoms with E-state index in [1.807, 2.05) is 35.2 Å². The fourth-order valence-corrected chi connectivity index (χ4v) is 3.02. The molecule has 0 radical (unpaired) electrons. The van der Waals surface area contributed by atoms with Crippen LogP contribution in [0.15, 0.2) is 53.5 Å². The molecule has 1 aromatic carbocycles. The van der Waals surface area contributed by atoms with Crippen LogP contribution in [0.4, 0.5) is 11.6 Å². The van der Waals surface area contributed by atoms with Gasteiger partial charge in [-0.15, -0.1) is 10.2 Å². The summed E-state index contributed by atoms with van der Waals surface area (Å²) in [7, 11) is 1.60. The summed E-state index contributed by atoms with van der Waals surface area (Å²) in [6.45, 7) is 1.20. The normalized spacial score (nSPS) is 12.5. The number of amides is 1. The van der Waals surface area contributed by atoms with E-state index in [4.69, 9.17) is 4.74 Å². The lowest BCUT2D eigenvalue weighted by atomic mass is 10.3. The maximum atomic E-state index is 12.7. The Morgan fingerprint density at radius 1 is 1.14 bits per heavy atom. The van der Waals surface area contributed by atoms with E-state index in [1.54, 1.807) is 25.4 Å². The van der Waals surface area contributed by atoms with Crippen molar-refractivity contribution in [2.75, 3.05) is 18.6 Å². The average Bonchev–Trinajstić information content (AvgIpc) is 3.18. The molecule has 0 unspecified atom stereocenters. The predicted molar refractivity (Wildman–Crippen MR) is 102 cm³/mol. The number of hydrogen-bond acceptors (Lipinski definition) is 7. The molecule has 4 rings (SSSR count). The number of nitrogens with one attached hydrogen (secondary N) is 1. The number of benzene rings is 1. The maximum Gasteiger partial charge on any atom is 0.286 e. The van der Waals surface area contributed by atoms with Gasteiger partial charge in [-0.2, -0.15) is 0 Å². The van der Waals surface area contributed by atoms with E-state index in [2.05, 4.69) is 20.5 Å². The molecule has 3 heterocycles. The molecule has 0 bridgehead atoms. The van der Waals surface area contributed by atoms with Crippen LogP contribution in [0.5, 0.6) is 5.75 Å². The van der Waals surface area contributed by atoms with Gasteiger partial charge in [0.25, 0.3) is 11.5 Å². The molecule has 0 fully saturated rings. The van der Waals surface area contributed by atoms with Crippen LogP contribution in [-0.4, -0.2) is 39.3 Å². The monoisotopic (exact) mass is 378 g/mol. The number of carbonyl (C=O) groups excluding carboxylic acids is 1. The fraction of sp³-hybridized carbons (Fsp3) is 0.211. The van der Waals surface area contributed by atoms with Gasteiger partial charge in [0, 0.05) is 25.0 Å². The van der Waals surface area contributed by atoms with Crippen LogP contribution in [0, 0.1) is 0 Å². The number of rotatable bonds is 5. The quantitative estimate of drug-likeness (QED) is 0.710. The van der Waals surface area contributed by atoms with Crippen molar-refractivity contribution in [3.63, 3.8) is 0 Å². The molecule has 9 heteroatoms. The summed E-state index contributed by atoms with van der Waals surface area (Å²) >= 11 is 0. The van der Waals surface area contributed by atoms with Gasteiger partial charge in [-0.1, -0.05) is 6.07 Å². The number of carbonyl (C=O) groups is 1. The number of nitrogens with zero attached hydrogens (tertiary/aromatic N) is 5. The summed E-state index contributed by atoms with van der Waals surface area (Å²) in [4.78, 5) is 31.1. The minimum Gasteiger partial charge on any atom is -0.497 e. The van der Waals surface area contributed by atoms with Crippen molar-refractivity contribution in [2.45, 2.75) is 13.1 Å². The Morgan fingerprint density at radius 3 is 2.68 bits per heavy atom. The topological polar surface area (TPSA) is 102 Å². The standard InChI is InChI=1S/C19H18N6O3/c1-28-15-7-5-14(6-8-15)24-10-11-25-18(27)16(22-23-19(24)25)17(26)21-12-13-4-2-3-9-20-13/h2-9H,10-12H2,1H3,(H,21,26). The highest BCUT2D eigenvalue weighted by Crippen LogP contribution is 2.28. The lowest BCUT2D eigenvalue weighted by Gasteiger charge is -2.17. The number of pyridine rings is 1. The second kappa shape index (κ2) is 7.47. The molecule has 0 atom stereocenters. The van der Waals surface area contributed by atoms with Crippen LogP contribution in [0.2, 0.25) is 0 Å². The van der Waals surface area contributed by atoms with Crippen molar-refractivity contribution in [3.8, 4) is 5.75 Å². The van der Waals surface area contributed by atoms with Crippen molar-refractivity contribution in [2.24, 2.45) is 0 Å². The first-order chi connectivity index (χ1) is 13.7. The van der Waals surface area contributed by atoms with Gasteiger partial charge in [0.15, 0.2) is 0 Å². The Bertz CT molecular complexity index is 1050. The van der Waals surface area contributed by atoms with Gasteiger partial charge in [-0.25, -0.2) is 0 Å². The largest absolute Gasteiger partial charge is 0.497 e. The van der Waals surface area contributed by atoms with Crippen LogP contribution >= 0.6 is 0 Å². The number of ether oxygens (including phenoxy) is 1. The Hall–Kier alpha value is -3.75. The number of hydrogen-bond donors (Lipinski definition) is 1. The molecule has 142 valence electrons. The first-order valence-corrected chi connectivity index (χ1v) is 8.74. The van der Waals surface area contributed by atoms with Crippen molar-refractivity contribution >= 4 is 17.5 Å². The van der Waals surface area contributed by atoms with Crippen LogP contribution in [0.3, 0.4) is 0 Å². The summed E-state index contributed by atoms with van der Waals surface area (Å²) in [5.74, 6) is 0.587. The molecular formula is C19H18N6O3. The highest BCUT2D eigenvalue weighted by atomic mass is 16.5. The Kier molecular flexibility index (Phi) is 4.71. The molecule has 9 nitrogen and oxygen atoms in total. The molecule has 0 spiro atoms. The third-order valence-corrected chi connectivity index (χ3v) is 4.47. The zero-order valence-corrected chi connectivity index (χ0v) is 15.2. The van der Waals surface area contributed by atoms with Gasteiger partial charge < -0.3 is 15.0 Å². The van der Waals surface area contributed by atoms with E-state index in [9.17, 15) is 9.59 Å². The summed E-state index contributed by atoms with van der Waals surface area (Å²) in [6, 6.07) is 12.8. The highest BCUT2D eigenvalue weighted by molar-refractivity contribution is 5.91. The van der Waals surface area contributed by atoms with Crippen LogP contribution < -0.4 is 20.5 Å². The smallest absolute Gasteiger partial charge is 0.286 e. The second-order valence-electron chi connectivity index (χ2n) is 6.16. The Balaban J connectivity index is 1.55. The predicted octanol–water partition coefficient (Wildman–Crippen LogP) is 1.12. The molecule has 1 aliphatic heterocycles. The zero-order chi connectivity index (χ0) is 19.5. The molecule has 1 amide bonds. The molecular weight excluding hydrogens is 360 g/mol. The molecule has 1 aliphatic rings. The average molecular weight is 378 g/mol. The van der Waals surface area contributed by atoms with Gasteiger partial charge in [-0.05, 0) is 36.4 Å². The van der Waals surface area contributed by atoms with E-state index in [0.717, 1.165) is 11.4 Å². The minimum absolute atomic E-state index is 0.209. The van der Waals surface area contributed by atoms with Crippen molar-refractivity contribution < 1.29 is 9.53 Å². The van der Waals surface area contributed by atoms with Gasteiger partial charge in [0.2, 0.25) is 11.6 Å². The second-order valence-corrected chi connectivity index (χ2v) is 6.16. The fourth-order valence-electron chi connectivity index (χ4n) is 3.02. The van der Waals surface area contributed by atoms with E-state index in [0.29, 0.717) is 24.7 Å². The summed E-state index contributed by atoms with van der Waals surface area (Å²) in [5, 5.41) is 10.7. The third-order valence-electron chi connectivity index (χ3n) is 4.47. The minimum atomic E-state index is -0.568. The van der Waals surface area contributed by atoms with Gasteiger partial charge >= 0.3 is 0 Å². The first kappa shape index (κ1) is 17.7. The third kappa shape index (κ3) is 3.29. The zero-order valence-electron chi connectivity index (χ0n) is 15.2. The number of fused-ring (bicyclic) bond motifs is 1. The van der Waals surface area contributed by atoms with Gasteiger partial charge in [0.1, 0.15) is 5.75 Å². The number of methoxy groups -OCH3 is 1. The molecule has 0 saturated heterocycles.